The highest BCUT2D eigenvalue weighted by Crippen LogP contribution is 2.24. The molecule has 4 heteroatoms. The fourth-order valence-corrected chi connectivity index (χ4v) is 3.13. The van der Waals surface area contributed by atoms with Gasteiger partial charge in [-0.25, -0.2) is 4.79 Å². The van der Waals surface area contributed by atoms with Crippen LogP contribution < -0.4 is 5.32 Å². The molecule has 2 fully saturated rings. The van der Waals surface area contributed by atoms with Crippen LogP contribution in [-0.2, 0) is 0 Å². The van der Waals surface area contributed by atoms with Gasteiger partial charge in [0.25, 0.3) is 0 Å². The van der Waals surface area contributed by atoms with Gasteiger partial charge in [0.1, 0.15) is 0 Å². The zero-order chi connectivity index (χ0) is 12.8. The lowest BCUT2D eigenvalue weighted by atomic mass is 9.89. The quantitative estimate of drug-likeness (QED) is 0.834. The molecule has 0 atom stereocenters. The van der Waals surface area contributed by atoms with Crippen LogP contribution in [-0.4, -0.2) is 55.1 Å². The Morgan fingerprint density at radius 3 is 2.39 bits per heavy atom. The third kappa shape index (κ3) is 3.87. The summed E-state index contributed by atoms with van der Waals surface area (Å²) in [5.41, 5.74) is 0. The van der Waals surface area contributed by atoms with Crippen LogP contribution in [0.15, 0.2) is 0 Å². The zero-order valence-corrected chi connectivity index (χ0v) is 11.7. The molecule has 0 aromatic rings. The van der Waals surface area contributed by atoms with E-state index >= 15 is 0 Å². The fourth-order valence-electron chi connectivity index (χ4n) is 3.13. The second-order valence-electron chi connectivity index (χ2n) is 5.63. The molecule has 18 heavy (non-hydrogen) atoms. The lowest BCUT2D eigenvalue weighted by Crippen LogP contribution is -2.52. The summed E-state index contributed by atoms with van der Waals surface area (Å²) in [5, 5.41) is 2.88. The van der Waals surface area contributed by atoms with Crippen molar-refractivity contribution < 1.29 is 4.79 Å². The van der Waals surface area contributed by atoms with Crippen LogP contribution in [0.4, 0.5) is 4.79 Å². The van der Waals surface area contributed by atoms with Gasteiger partial charge in [0.05, 0.1) is 0 Å². The van der Waals surface area contributed by atoms with Crippen molar-refractivity contribution >= 4 is 6.03 Å². The Morgan fingerprint density at radius 2 is 1.78 bits per heavy atom. The molecule has 0 aromatic heterocycles. The number of amides is 2. The van der Waals surface area contributed by atoms with Crippen molar-refractivity contribution in [3.63, 3.8) is 0 Å². The molecule has 0 unspecified atom stereocenters. The predicted molar refractivity (Wildman–Crippen MR) is 73.7 cm³/mol. The fraction of sp³-hybridized carbons (Fsp3) is 0.929. The van der Waals surface area contributed by atoms with Crippen LogP contribution in [0.25, 0.3) is 0 Å². The number of hydrogen-bond donors (Lipinski definition) is 1. The third-order valence-corrected chi connectivity index (χ3v) is 4.23. The van der Waals surface area contributed by atoms with Crippen molar-refractivity contribution in [3.05, 3.63) is 0 Å². The number of carbonyl (C=O) groups is 1. The first-order valence-electron chi connectivity index (χ1n) is 7.54. The summed E-state index contributed by atoms with van der Waals surface area (Å²) in [7, 11) is 0. The van der Waals surface area contributed by atoms with Crippen molar-refractivity contribution in [1.82, 2.24) is 15.1 Å². The molecule has 1 aliphatic carbocycles. The van der Waals surface area contributed by atoms with E-state index in [1.54, 1.807) is 0 Å². The molecule has 0 spiro atoms. The lowest BCUT2D eigenvalue weighted by Gasteiger charge is -2.37. The molecule has 1 saturated heterocycles. The molecule has 1 aliphatic heterocycles. The SMILES string of the molecule is CCNC(=O)N1CCN(CC2CCCCC2)CC1. The van der Waals surface area contributed by atoms with Gasteiger partial charge in [-0.15, -0.1) is 0 Å². The second kappa shape index (κ2) is 6.98. The first kappa shape index (κ1) is 13.7. The van der Waals surface area contributed by atoms with E-state index < -0.39 is 0 Å². The van der Waals surface area contributed by atoms with Crippen molar-refractivity contribution in [2.75, 3.05) is 39.3 Å². The lowest BCUT2D eigenvalue weighted by molar-refractivity contribution is 0.120. The monoisotopic (exact) mass is 253 g/mol. The van der Waals surface area contributed by atoms with Crippen molar-refractivity contribution in [2.24, 2.45) is 5.92 Å². The largest absolute Gasteiger partial charge is 0.338 e. The average molecular weight is 253 g/mol. The van der Waals surface area contributed by atoms with E-state index in [9.17, 15) is 4.79 Å². The molecule has 0 bridgehead atoms. The standard InChI is InChI=1S/C14H27N3O/c1-2-15-14(18)17-10-8-16(9-11-17)12-13-6-4-3-5-7-13/h13H,2-12H2,1H3,(H,15,18). The van der Waals surface area contributed by atoms with Gasteiger partial charge >= 0.3 is 6.03 Å². The van der Waals surface area contributed by atoms with Gasteiger partial charge in [-0.2, -0.15) is 0 Å². The first-order valence-corrected chi connectivity index (χ1v) is 7.54. The van der Waals surface area contributed by atoms with Crippen LogP contribution in [0.5, 0.6) is 0 Å². The van der Waals surface area contributed by atoms with Gasteiger partial charge in [-0.3, -0.25) is 4.90 Å². The number of rotatable bonds is 3. The zero-order valence-electron chi connectivity index (χ0n) is 11.7. The molecule has 1 saturated carbocycles. The normalized spacial score (nSPS) is 23.1. The topological polar surface area (TPSA) is 35.6 Å². The second-order valence-corrected chi connectivity index (χ2v) is 5.63. The molecule has 2 aliphatic rings. The summed E-state index contributed by atoms with van der Waals surface area (Å²) in [6.07, 6.45) is 7.10. The number of nitrogens with zero attached hydrogens (tertiary/aromatic N) is 2. The minimum Gasteiger partial charge on any atom is -0.338 e. The average Bonchev–Trinajstić information content (AvgIpc) is 2.41. The summed E-state index contributed by atoms with van der Waals surface area (Å²) in [6, 6.07) is 0.106. The van der Waals surface area contributed by atoms with E-state index in [0.29, 0.717) is 0 Å². The number of piperazine rings is 1. The molecule has 0 aromatic carbocycles. The van der Waals surface area contributed by atoms with Crippen LogP contribution >= 0.6 is 0 Å². The first-order chi connectivity index (χ1) is 8.79. The molecule has 0 radical (unpaired) electrons. The van der Waals surface area contributed by atoms with E-state index in [-0.39, 0.29) is 6.03 Å². The molecule has 2 amide bonds. The van der Waals surface area contributed by atoms with Gasteiger partial charge in [-0.1, -0.05) is 19.3 Å². The Balaban J connectivity index is 1.68. The Kier molecular flexibility index (Phi) is 5.29. The molecular weight excluding hydrogens is 226 g/mol. The highest BCUT2D eigenvalue weighted by atomic mass is 16.2. The molecule has 2 rings (SSSR count). The molecule has 1 heterocycles. The summed E-state index contributed by atoms with van der Waals surface area (Å²) in [4.78, 5) is 16.2. The van der Waals surface area contributed by atoms with Gasteiger partial charge < -0.3 is 10.2 Å². The molecule has 4 nitrogen and oxygen atoms in total. The Bertz CT molecular complexity index is 256. The molecule has 1 N–H and O–H groups in total. The highest BCUT2D eigenvalue weighted by molar-refractivity contribution is 5.74. The maximum absolute atomic E-state index is 11.7. The van der Waals surface area contributed by atoms with Crippen LogP contribution in [0.3, 0.4) is 0 Å². The number of carbonyl (C=O) groups excluding carboxylic acids is 1. The summed E-state index contributed by atoms with van der Waals surface area (Å²) in [6.45, 7) is 7.82. The van der Waals surface area contributed by atoms with E-state index in [0.717, 1.165) is 38.6 Å². The van der Waals surface area contributed by atoms with Gasteiger partial charge in [-0.05, 0) is 25.7 Å². The van der Waals surface area contributed by atoms with E-state index in [4.69, 9.17) is 0 Å². The van der Waals surface area contributed by atoms with Crippen LogP contribution in [0.1, 0.15) is 39.0 Å². The number of hydrogen-bond acceptors (Lipinski definition) is 2. The van der Waals surface area contributed by atoms with E-state index in [1.165, 1.54) is 38.6 Å². The molecular formula is C14H27N3O. The third-order valence-electron chi connectivity index (χ3n) is 4.23. The summed E-state index contributed by atoms with van der Waals surface area (Å²) in [5.74, 6) is 0.912. The minimum atomic E-state index is 0.106. The predicted octanol–water partition coefficient (Wildman–Crippen LogP) is 1.91. The maximum Gasteiger partial charge on any atom is 0.317 e. The molecule has 104 valence electrons. The van der Waals surface area contributed by atoms with Crippen molar-refractivity contribution in [1.29, 1.82) is 0 Å². The van der Waals surface area contributed by atoms with E-state index in [1.807, 2.05) is 11.8 Å². The summed E-state index contributed by atoms with van der Waals surface area (Å²) < 4.78 is 0. The minimum absolute atomic E-state index is 0.106. The summed E-state index contributed by atoms with van der Waals surface area (Å²) >= 11 is 0. The van der Waals surface area contributed by atoms with Crippen molar-refractivity contribution in [3.8, 4) is 0 Å². The number of nitrogens with one attached hydrogen (secondary N) is 1. The van der Waals surface area contributed by atoms with Gasteiger partial charge in [0.15, 0.2) is 0 Å². The van der Waals surface area contributed by atoms with Crippen LogP contribution in [0, 0.1) is 5.92 Å². The number of urea groups is 1. The van der Waals surface area contributed by atoms with Gasteiger partial charge in [0.2, 0.25) is 0 Å². The van der Waals surface area contributed by atoms with E-state index in [2.05, 4.69) is 10.2 Å². The Labute approximate surface area is 111 Å². The highest BCUT2D eigenvalue weighted by Gasteiger charge is 2.23. The smallest absolute Gasteiger partial charge is 0.317 e. The Hall–Kier alpha value is -0.770. The maximum atomic E-state index is 11.7. The van der Waals surface area contributed by atoms with Gasteiger partial charge in [0, 0.05) is 39.3 Å². The Morgan fingerprint density at radius 1 is 1.11 bits per heavy atom. The van der Waals surface area contributed by atoms with Crippen molar-refractivity contribution in [2.45, 2.75) is 39.0 Å². The van der Waals surface area contributed by atoms with Crippen LogP contribution in [0.2, 0.25) is 0 Å².